The molecule has 0 amide bonds. The molecule has 1 aliphatic heterocycles. The number of nitrogens with two attached hydrogens (primary N) is 1. The van der Waals surface area contributed by atoms with Crippen LogP contribution in [0.15, 0.2) is 48.5 Å². The number of hydrogen-bond acceptors (Lipinski definition) is 3. The molecule has 0 bridgehead atoms. The average Bonchev–Trinajstić information content (AvgIpc) is 2.54. The number of aryl methyl sites for hydroxylation is 1. The van der Waals surface area contributed by atoms with E-state index in [4.69, 9.17) is 10.5 Å². The minimum atomic E-state index is -0.628. The molecule has 3 nitrogen and oxygen atoms in total. The third kappa shape index (κ3) is 2.43. The molecule has 2 unspecified atom stereocenters. The Bertz CT molecular complexity index is 641. The number of fused-ring (bicyclic) bond motifs is 1. The summed E-state index contributed by atoms with van der Waals surface area (Å²) in [6.45, 7) is 2.84. The highest BCUT2D eigenvalue weighted by atomic mass is 16.5. The second-order valence-corrected chi connectivity index (χ2v) is 5.90. The smallest absolute Gasteiger partial charge is 0.122 e. The minimum absolute atomic E-state index is 0.386. The molecular weight excluding hydrogens is 262 g/mol. The fourth-order valence-electron chi connectivity index (χ4n) is 3.08. The fourth-order valence-corrected chi connectivity index (χ4v) is 3.08. The summed E-state index contributed by atoms with van der Waals surface area (Å²) in [4.78, 5) is 0. The Labute approximate surface area is 125 Å². The van der Waals surface area contributed by atoms with E-state index in [0.717, 1.165) is 28.9 Å². The number of rotatable bonds is 3. The lowest BCUT2D eigenvalue weighted by Gasteiger charge is -2.41. The Morgan fingerprint density at radius 3 is 2.67 bits per heavy atom. The highest BCUT2D eigenvalue weighted by Crippen LogP contribution is 2.43. The molecule has 3 N–H and O–H groups in total. The van der Waals surface area contributed by atoms with Crippen LogP contribution < -0.4 is 10.5 Å². The van der Waals surface area contributed by atoms with Crippen LogP contribution in [0.1, 0.15) is 22.8 Å². The van der Waals surface area contributed by atoms with Gasteiger partial charge in [-0.1, -0.05) is 42.5 Å². The van der Waals surface area contributed by atoms with Crippen LogP contribution in [0.2, 0.25) is 0 Å². The lowest BCUT2D eigenvalue weighted by molar-refractivity contribution is -0.0164. The monoisotopic (exact) mass is 283 g/mol. The van der Waals surface area contributed by atoms with Crippen molar-refractivity contribution in [2.24, 2.45) is 11.1 Å². The van der Waals surface area contributed by atoms with Crippen molar-refractivity contribution < 1.29 is 9.84 Å². The summed E-state index contributed by atoms with van der Waals surface area (Å²) in [6, 6.07) is 15.9. The Hall–Kier alpha value is -1.84. The van der Waals surface area contributed by atoms with E-state index in [0.29, 0.717) is 13.2 Å². The van der Waals surface area contributed by atoms with E-state index in [1.165, 1.54) is 0 Å². The van der Waals surface area contributed by atoms with Gasteiger partial charge in [0.05, 0.1) is 18.1 Å². The highest BCUT2D eigenvalue weighted by Gasteiger charge is 2.42. The van der Waals surface area contributed by atoms with Gasteiger partial charge < -0.3 is 15.6 Å². The zero-order valence-electron chi connectivity index (χ0n) is 12.3. The zero-order valence-corrected chi connectivity index (χ0v) is 12.3. The number of ether oxygens (including phenoxy) is 1. The third-order valence-electron chi connectivity index (χ3n) is 4.50. The van der Waals surface area contributed by atoms with Gasteiger partial charge in [0.1, 0.15) is 5.75 Å². The van der Waals surface area contributed by atoms with E-state index in [9.17, 15) is 5.11 Å². The number of aliphatic hydroxyl groups excluding tert-OH is 1. The molecule has 0 spiro atoms. The van der Waals surface area contributed by atoms with Gasteiger partial charge in [-0.05, 0) is 36.1 Å². The summed E-state index contributed by atoms with van der Waals surface area (Å²) >= 11 is 0. The molecule has 3 rings (SSSR count). The van der Waals surface area contributed by atoms with E-state index in [-0.39, 0.29) is 0 Å². The second kappa shape index (κ2) is 5.51. The molecule has 21 heavy (non-hydrogen) atoms. The van der Waals surface area contributed by atoms with Crippen molar-refractivity contribution in [3.05, 3.63) is 65.2 Å². The van der Waals surface area contributed by atoms with Crippen LogP contribution in [0.3, 0.4) is 0 Å². The normalized spacial score (nSPS) is 22.2. The van der Waals surface area contributed by atoms with Crippen LogP contribution in [-0.2, 0) is 6.42 Å². The quantitative estimate of drug-likeness (QED) is 0.910. The molecule has 0 saturated carbocycles. The molecule has 2 atom stereocenters. The fraction of sp³-hybridized carbons (Fsp3) is 0.333. The van der Waals surface area contributed by atoms with Crippen molar-refractivity contribution in [2.75, 3.05) is 13.2 Å². The first kappa shape index (κ1) is 14.1. The van der Waals surface area contributed by atoms with Crippen molar-refractivity contribution in [3.8, 4) is 5.75 Å². The summed E-state index contributed by atoms with van der Waals surface area (Å²) in [5, 5.41) is 10.9. The first-order valence-corrected chi connectivity index (χ1v) is 7.31. The van der Waals surface area contributed by atoms with Crippen molar-refractivity contribution in [1.29, 1.82) is 0 Å². The molecule has 0 aliphatic carbocycles. The first-order valence-electron chi connectivity index (χ1n) is 7.31. The first-order chi connectivity index (χ1) is 10.2. The number of benzene rings is 2. The van der Waals surface area contributed by atoms with E-state index in [2.05, 4.69) is 0 Å². The van der Waals surface area contributed by atoms with Crippen molar-refractivity contribution in [2.45, 2.75) is 19.4 Å². The summed E-state index contributed by atoms with van der Waals surface area (Å²) in [6.07, 6.45) is 0.104. The van der Waals surface area contributed by atoms with E-state index in [1.807, 2.05) is 55.5 Å². The second-order valence-electron chi connectivity index (χ2n) is 5.90. The van der Waals surface area contributed by atoms with Gasteiger partial charge in [-0.25, -0.2) is 0 Å². The molecule has 2 aromatic carbocycles. The van der Waals surface area contributed by atoms with E-state index >= 15 is 0 Å². The maximum Gasteiger partial charge on any atom is 0.122 e. The molecule has 0 saturated heterocycles. The van der Waals surface area contributed by atoms with Gasteiger partial charge in [0, 0.05) is 6.54 Å². The zero-order chi connectivity index (χ0) is 14.9. The topological polar surface area (TPSA) is 55.5 Å². The van der Waals surface area contributed by atoms with Gasteiger partial charge in [-0.15, -0.1) is 0 Å². The van der Waals surface area contributed by atoms with Gasteiger partial charge in [-0.3, -0.25) is 0 Å². The number of para-hydroxylation sites is 1. The van der Waals surface area contributed by atoms with Crippen molar-refractivity contribution in [1.82, 2.24) is 0 Å². The van der Waals surface area contributed by atoms with Crippen LogP contribution in [0.25, 0.3) is 0 Å². The third-order valence-corrected chi connectivity index (χ3v) is 4.50. The lowest BCUT2D eigenvalue weighted by atomic mass is 9.73. The van der Waals surface area contributed by atoms with E-state index < -0.39 is 11.5 Å². The highest BCUT2D eigenvalue weighted by molar-refractivity contribution is 5.38. The predicted octanol–water partition coefficient (Wildman–Crippen LogP) is 2.61. The molecule has 110 valence electrons. The SMILES string of the molecule is Cc1ccccc1C(O)C1(CN)COc2ccccc2C1. The molecule has 1 aliphatic rings. The van der Waals surface area contributed by atoms with Gasteiger partial charge in [0.2, 0.25) is 0 Å². The van der Waals surface area contributed by atoms with Crippen LogP contribution in [0, 0.1) is 12.3 Å². The van der Waals surface area contributed by atoms with E-state index in [1.54, 1.807) is 0 Å². The van der Waals surface area contributed by atoms with Crippen molar-refractivity contribution in [3.63, 3.8) is 0 Å². The van der Waals surface area contributed by atoms with Gasteiger partial charge in [-0.2, -0.15) is 0 Å². The van der Waals surface area contributed by atoms with Gasteiger partial charge in [0.15, 0.2) is 0 Å². The molecule has 3 heteroatoms. The Balaban J connectivity index is 1.97. The molecule has 0 aromatic heterocycles. The Morgan fingerprint density at radius 1 is 1.19 bits per heavy atom. The summed E-state index contributed by atoms with van der Waals surface area (Å²) < 4.78 is 5.87. The molecular formula is C18H21NO2. The maximum absolute atomic E-state index is 10.9. The predicted molar refractivity (Wildman–Crippen MR) is 83.3 cm³/mol. The molecule has 2 aromatic rings. The largest absolute Gasteiger partial charge is 0.493 e. The minimum Gasteiger partial charge on any atom is -0.493 e. The Morgan fingerprint density at radius 2 is 1.90 bits per heavy atom. The maximum atomic E-state index is 10.9. The van der Waals surface area contributed by atoms with Gasteiger partial charge in [0.25, 0.3) is 0 Å². The van der Waals surface area contributed by atoms with Gasteiger partial charge >= 0.3 is 0 Å². The average molecular weight is 283 g/mol. The van der Waals surface area contributed by atoms with Crippen LogP contribution in [0.5, 0.6) is 5.75 Å². The standard InChI is InChI=1S/C18H21NO2/c1-13-6-2-4-8-15(13)17(20)18(11-19)10-14-7-3-5-9-16(14)21-12-18/h2-9,17,20H,10-12,19H2,1H3. The summed E-state index contributed by atoms with van der Waals surface area (Å²) in [5.41, 5.74) is 8.70. The molecule has 0 radical (unpaired) electrons. The van der Waals surface area contributed by atoms with Crippen LogP contribution >= 0.6 is 0 Å². The summed E-state index contributed by atoms with van der Waals surface area (Å²) in [5.74, 6) is 0.901. The molecule has 1 heterocycles. The van der Waals surface area contributed by atoms with Crippen LogP contribution in [0.4, 0.5) is 0 Å². The van der Waals surface area contributed by atoms with Crippen molar-refractivity contribution >= 4 is 0 Å². The summed E-state index contributed by atoms with van der Waals surface area (Å²) in [7, 11) is 0. The lowest BCUT2D eigenvalue weighted by Crippen LogP contribution is -2.46. The Kier molecular flexibility index (Phi) is 3.70. The molecule has 0 fully saturated rings. The van der Waals surface area contributed by atoms with Crippen LogP contribution in [-0.4, -0.2) is 18.3 Å². The number of aliphatic hydroxyl groups is 1. The number of hydrogen-bond donors (Lipinski definition) is 2.